The summed E-state index contributed by atoms with van der Waals surface area (Å²) in [5.74, 6) is -1.70. The highest BCUT2D eigenvalue weighted by Crippen LogP contribution is 2.26. The van der Waals surface area contributed by atoms with Crippen molar-refractivity contribution >= 4 is 61.9 Å². The van der Waals surface area contributed by atoms with Gasteiger partial charge in [-0.3, -0.25) is 9.59 Å². The monoisotopic (exact) mass is 451 g/mol. The highest BCUT2D eigenvalue weighted by Gasteiger charge is 2.35. The molecule has 0 atom stereocenters. The number of halogens is 5. The summed E-state index contributed by atoms with van der Waals surface area (Å²) in [7, 11) is 0. The molecule has 0 aromatic heterocycles. The minimum atomic E-state index is -1.60. The third-order valence-electron chi connectivity index (χ3n) is 2.59. The number of hydrogen-bond acceptors (Lipinski definition) is 4. The van der Waals surface area contributed by atoms with Crippen molar-refractivity contribution in [1.29, 1.82) is 0 Å². The van der Waals surface area contributed by atoms with Gasteiger partial charge in [-0.1, -0.05) is 15.9 Å². The molecule has 0 aliphatic carbocycles. The van der Waals surface area contributed by atoms with E-state index in [9.17, 15) is 24.2 Å². The van der Waals surface area contributed by atoms with Crippen LogP contribution in [0.15, 0.2) is 22.7 Å². The fourth-order valence-electron chi connectivity index (χ4n) is 1.53. The van der Waals surface area contributed by atoms with Gasteiger partial charge in [-0.2, -0.15) is 0 Å². The van der Waals surface area contributed by atoms with Crippen LogP contribution in [0.25, 0.3) is 0 Å². The van der Waals surface area contributed by atoms with Crippen LogP contribution in [0.5, 0.6) is 0 Å². The summed E-state index contributed by atoms with van der Waals surface area (Å²) in [4.78, 5) is 20.8. The van der Waals surface area contributed by atoms with Crippen LogP contribution in [0.1, 0.15) is 5.56 Å². The summed E-state index contributed by atoms with van der Waals surface area (Å²) >= 11 is 18.1. The number of nitrogens with one attached hydrogen (secondary N) is 1. The molecule has 0 saturated carbocycles. The number of carbonyl (C=O) groups is 2. The van der Waals surface area contributed by atoms with Crippen molar-refractivity contribution in [2.75, 3.05) is 25.0 Å². The molecule has 0 aliphatic heterocycles. The van der Waals surface area contributed by atoms with E-state index in [1.165, 1.54) is 18.2 Å². The number of alkyl halides is 2. The van der Waals surface area contributed by atoms with Gasteiger partial charge in [-0.25, -0.2) is 4.39 Å². The van der Waals surface area contributed by atoms with Crippen LogP contribution in [0.3, 0.4) is 0 Å². The lowest BCUT2D eigenvalue weighted by Gasteiger charge is -2.31. The molecule has 1 amide bonds. The number of hydrogen-bond donors (Lipinski definition) is 3. The number of benzene rings is 1. The maximum Gasteiger partial charge on any atom is 0.236 e. The molecule has 1 rings (SSSR count). The molecule has 0 spiro atoms. The molecule has 5 nitrogen and oxygen atoms in total. The lowest BCUT2D eigenvalue weighted by atomic mass is 9.91. The van der Waals surface area contributed by atoms with Crippen molar-refractivity contribution in [3.05, 3.63) is 34.1 Å². The lowest BCUT2D eigenvalue weighted by Crippen LogP contribution is -2.52. The van der Waals surface area contributed by atoms with Gasteiger partial charge < -0.3 is 15.5 Å². The van der Waals surface area contributed by atoms with Gasteiger partial charge in [0.25, 0.3) is 0 Å². The van der Waals surface area contributed by atoms with Crippen LogP contribution in [0, 0.1) is 5.82 Å². The zero-order valence-corrected chi connectivity index (χ0v) is 15.5. The Morgan fingerprint density at radius 1 is 1.22 bits per heavy atom. The molecule has 0 bridgehead atoms. The first kappa shape index (κ1) is 22.6. The van der Waals surface area contributed by atoms with Gasteiger partial charge in [0.15, 0.2) is 0 Å². The van der Waals surface area contributed by atoms with Crippen LogP contribution >= 0.6 is 50.7 Å². The molecule has 0 fully saturated rings. The first-order valence-corrected chi connectivity index (χ1v) is 8.28. The smallest absolute Gasteiger partial charge is 0.236 e. The molecule has 0 radical (unpaired) electrons. The Bertz CT molecular complexity index is 544. The average molecular weight is 454 g/mol. The van der Waals surface area contributed by atoms with E-state index in [4.69, 9.17) is 34.8 Å². The van der Waals surface area contributed by atoms with Crippen LogP contribution in [-0.4, -0.2) is 46.3 Å². The molecule has 0 aliphatic rings. The van der Waals surface area contributed by atoms with E-state index < -0.39 is 35.7 Å². The first-order valence-electron chi connectivity index (χ1n) is 6.04. The minimum Gasteiger partial charge on any atom is -0.393 e. The molecule has 0 heterocycles. The van der Waals surface area contributed by atoms with Gasteiger partial charge in [0.2, 0.25) is 11.1 Å². The maximum absolute atomic E-state index is 13.8. The Labute approximate surface area is 155 Å². The first-order chi connectivity index (χ1) is 10.8. The largest absolute Gasteiger partial charge is 0.393 e. The van der Waals surface area contributed by atoms with Crippen LogP contribution < -0.4 is 5.32 Å². The second kappa shape index (κ2) is 11.2. The molecule has 1 aromatic rings. The Kier molecular flexibility index (Phi) is 11.0. The molecular formula is C13H14BrCl3FNO4. The summed E-state index contributed by atoms with van der Waals surface area (Å²) < 4.78 is 14.3. The predicted molar refractivity (Wildman–Crippen MR) is 90.4 cm³/mol. The Morgan fingerprint density at radius 2 is 1.74 bits per heavy atom. The van der Waals surface area contributed by atoms with E-state index in [1.807, 2.05) is 0 Å². The minimum absolute atomic E-state index is 0.0136. The van der Waals surface area contributed by atoms with E-state index in [2.05, 4.69) is 21.2 Å². The highest BCUT2D eigenvalue weighted by molar-refractivity contribution is 9.10. The van der Waals surface area contributed by atoms with Crippen molar-refractivity contribution in [2.45, 2.75) is 5.54 Å². The van der Waals surface area contributed by atoms with Crippen molar-refractivity contribution in [3.63, 3.8) is 0 Å². The van der Waals surface area contributed by atoms with Crippen LogP contribution in [0.2, 0.25) is 0 Å². The molecule has 1 aromatic carbocycles. The molecule has 10 heteroatoms. The van der Waals surface area contributed by atoms with E-state index in [-0.39, 0.29) is 17.3 Å². The highest BCUT2D eigenvalue weighted by atomic mass is 79.9. The summed E-state index contributed by atoms with van der Waals surface area (Å²) in [6, 6.07) is 4.03. The van der Waals surface area contributed by atoms with E-state index in [0.29, 0.717) is 4.47 Å². The molecule has 130 valence electrons. The van der Waals surface area contributed by atoms with Gasteiger partial charge in [-0.05, 0) is 29.8 Å². The van der Waals surface area contributed by atoms with Crippen molar-refractivity contribution < 1.29 is 24.2 Å². The molecule has 0 unspecified atom stereocenters. The number of carbonyl (C=O) groups excluding carboxylic acids is 2. The number of aliphatic hydroxyl groups is 2. The molecule has 23 heavy (non-hydrogen) atoms. The normalized spacial score (nSPS) is 10.6. The lowest BCUT2D eigenvalue weighted by molar-refractivity contribution is -0.122. The Hall–Kier alpha value is -0.440. The standard InChI is InChI=1S/C11H12BrClFNO3.C2H2Cl2O/c12-7-1-2-9(14)8(3-7)11(5-16,6-17)15-10(18)4-13;3-1-2(4)5/h1-3,16-17H,4-6H2,(H,15,18);1H2. The van der Waals surface area contributed by atoms with Gasteiger partial charge in [-0.15, -0.1) is 23.2 Å². The van der Waals surface area contributed by atoms with Gasteiger partial charge in [0, 0.05) is 10.0 Å². The maximum atomic E-state index is 13.8. The molecule has 0 saturated heterocycles. The Morgan fingerprint density at radius 3 is 2.13 bits per heavy atom. The summed E-state index contributed by atoms with van der Waals surface area (Å²) in [5, 5.41) is 20.6. The van der Waals surface area contributed by atoms with Crippen molar-refractivity contribution in [1.82, 2.24) is 5.32 Å². The SMILES string of the molecule is O=C(CCl)NC(CO)(CO)c1cc(Br)ccc1F.O=C(Cl)CCl. The average Bonchev–Trinajstić information content (AvgIpc) is 2.55. The topological polar surface area (TPSA) is 86.6 Å². The second-order valence-electron chi connectivity index (χ2n) is 4.19. The number of rotatable bonds is 6. The predicted octanol–water partition coefficient (Wildman–Crippen LogP) is 2.11. The Balaban J connectivity index is 0.000000841. The third kappa shape index (κ3) is 7.32. The summed E-state index contributed by atoms with van der Waals surface area (Å²) in [5.41, 5.74) is -1.61. The van der Waals surface area contributed by atoms with Crippen molar-refractivity contribution in [3.8, 4) is 0 Å². The molecule has 3 N–H and O–H groups in total. The fraction of sp³-hybridized carbons (Fsp3) is 0.385. The quantitative estimate of drug-likeness (QED) is 0.455. The van der Waals surface area contributed by atoms with E-state index in [1.54, 1.807) is 0 Å². The van der Waals surface area contributed by atoms with E-state index >= 15 is 0 Å². The van der Waals surface area contributed by atoms with Crippen LogP contribution in [-0.2, 0) is 15.1 Å². The van der Waals surface area contributed by atoms with Gasteiger partial charge in [0.1, 0.15) is 17.2 Å². The molecular weight excluding hydrogens is 439 g/mol. The summed E-state index contributed by atoms with van der Waals surface area (Å²) in [6.07, 6.45) is 0. The van der Waals surface area contributed by atoms with Crippen molar-refractivity contribution in [2.24, 2.45) is 0 Å². The summed E-state index contributed by atoms with van der Waals surface area (Å²) in [6.45, 7) is -1.31. The zero-order chi connectivity index (χ0) is 18.0. The van der Waals surface area contributed by atoms with E-state index in [0.717, 1.165) is 0 Å². The van der Waals surface area contributed by atoms with Gasteiger partial charge in [0.05, 0.1) is 19.1 Å². The zero-order valence-electron chi connectivity index (χ0n) is 11.7. The van der Waals surface area contributed by atoms with Gasteiger partial charge >= 0.3 is 0 Å². The number of aliphatic hydroxyl groups excluding tert-OH is 2. The van der Waals surface area contributed by atoms with Crippen LogP contribution in [0.4, 0.5) is 4.39 Å². The second-order valence-corrected chi connectivity index (χ2v) is 6.06. The fourth-order valence-corrected chi connectivity index (χ4v) is 1.96. The number of amides is 1. The third-order valence-corrected chi connectivity index (χ3v) is 3.84.